The first kappa shape index (κ1) is 18.4. The van der Waals surface area contributed by atoms with E-state index >= 15 is 4.39 Å². The van der Waals surface area contributed by atoms with Crippen LogP contribution in [-0.4, -0.2) is 56.4 Å². The normalized spacial score (nSPS) is 29.9. The van der Waals surface area contributed by atoms with Gasteiger partial charge in [0.25, 0.3) is 5.56 Å². The number of nitrogens with one attached hydrogen (secondary N) is 1. The van der Waals surface area contributed by atoms with Crippen molar-refractivity contribution in [3.8, 4) is 0 Å². The number of nitrogens with two attached hydrogens (primary N) is 1. The van der Waals surface area contributed by atoms with E-state index in [4.69, 9.17) is 5.73 Å². The fraction of sp³-hybridized carbons (Fsp3) is 0.667. The van der Waals surface area contributed by atoms with E-state index in [2.05, 4.69) is 4.98 Å². The highest BCUT2D eigenvalue weighted by atomic mass is 19.1. The smallest absolute Gasteiger partial charge is 0.328 e. The van der Waals surface area contributed by atoms with E-state index < -0.39 is 34.8 Å². The number of aromatic nitrogens is 2. The van der Waals surface area contributed by atoms with Crippen LogP contribution in [0, 0.1) is 5.92 Å². The number of hydrogen-bond donors (Lipinski definition) is 4. The van der Waals surface area contributed by atoms with Gasteiger partial charge in [0, 0.05) is 30.2 Å². The Bertz CT molecular complexity index is 904. The predicted molar refractivity (Wildman–Crippen MR) is 97.2 cm³/mol. The lowest BCUT2D eigenvalue weighted by molar-refractivity contribution is 0.183. The minimum Gasteiger partial charge on any atom is -0.504 e. The summed E-state index contributed by atoms with van der Waals surface area (Å²) in [6.07, 6.45) is 2.36. The van der Waals surface area contributed by atoms with Crippen molar-refractivity contribution in [3.05, 3.63) is 37.9 Å². The van der Waals surface area contributed by atoms with Crippen molar-refractivity contribution in [2.45, 2.75) is 50.2 Å². The largest absolute Gasteiger partial charge is 0.504 e. The maximum atomic E-state index is 15.1. The van der Waals surface area contributed by atoms with Crippen LogP contribution >= 0.6 is 0 Å². The van der Waals surface area contributed by atoms with E-state index in [1.165, 1.54) is 4.57 Å². The molecule has 8 nitrogen and oxygen atoms in total. The minimum absolute atomic E-state index is 0.0192. The van der Waals surface area contributed by atoms with Crippen molar-refractivity contribution in [2.24, 2.45) is 11.7 Å². The summed E-state index contributed by atoms with van der Waals surface area (Å²) in [7, 11) is 0. The summed E-state index contributed by atoms with van der Waals surface area (Å²) in [5.74, 6) is -1.88. The Kier molecular flexibility index (Phi) is 4.48. The van der Waals surface area contributed by atoms with Crippen molar-refractivity contribution < 1.29 is 14.6 Å². The summed E-state index contributed by atoms with van der Waals surface area (Å²) in [4.78, 5) is 28.8. The van der Waals surface area contributed by atoms with Crippen LogP contribution in [0.2, 0.25) is 0 Å². The number of hydrogen-bond acceptors (Lipinski definition) is 6. The van der Waals surface area contributed by atoms with E-state index in [0.29, 0.717) is 18.8 Å². The van der Waals surface area contributed by atoms with Gasteiger partial charge in [-0.15, -0.1) is 0 Å². The zero-order chi connectivity index (χ0) is 19.5. The van der Waals surface area contributed by atoms with Gasteiger partial charge in [0.15, 0.2) is 11.6 Å². The van der Waals surface area contributed by atoms with Gasteiger partial charge in [0.1, 0.15) is 5.56 Å². The Labute approximate surface area is 155 Å². The molecule has 2 heterocycles. The van der Waals surface area contributed by atoms with Crippen LogP contribution in [-0.2, 0) is 0 Å². The van der Waals surface area contributed by atoms with Gasteiger partial charge in [0.2, 0.25) is 0 Å². The lowest BCUT2D eigenvalue weighted by atomic mass is 9.85. The van der Waals surface area contributed by atoms with Crippen LogP contribution in [0.1, 0.15) is 49.4 Å². The maximum Gasteiger partial charge on any atom is 0.328 e. The number of nitrogens with zero attached hydrogens (tertiary/aromatic N) is 2. The minimum atomic E-state index is -0.764. The molecule has 148 valence electrons. The molecular weight excluding hydrogens is 355 g/mol. The molecule has 1 aromatic heterocycles. The molecule has 4 rings (SSSR count). The number of halogens is 1. The summed E-state index contributed by atoms with van der Waals surface area (Å²) in [6, 6.07) is -1.16. The summed E-state index contributed by atoms with van der Waals surface area (Å²) in [5, 5.41) is 19.8. The molecule has 5 N–H and O–H groups in total. The Balaban J connectivity index is 1.78. The first-order valence-corrected chi connectivity index (χ1v) is 9.43. The molecule has 2 aliphatic carbocycles. The zero-order valence-electron chi connectivity index (χ0n) is 15.2. The molecule has 0 bridgehead atoms. The standard InChI is InChI=1S/C18H25FN4O4/c1-8-14-12(17(26)21-18(27)23(14)10-2-3-10)16(25)13(19)15(8)22-5-4-9(6-22)11(20)7-24/h8-11,15,24-25H,2-7,20H2,1H3,(H,21,26,27). The van der Waals surface area contributed by atoms with Gasteiger partial charge >= 0.3 is 5.69 Å². The zero-order valence-corrected chi connectivity index (χ0v) is 15.2. The van der Waals surface area contributed by atoms with E-state index in [1.54, 1.807) is 6.92 Å². The number of aliphatic hydroxyl groups excluding tert-OH is 2. The first-order chi connectivity index (χ1) is 12.8. The Hall–Kier alpha value is -1.97. The molecule has 3 aliphatic rings. The SMILES string of the molecule is CC1c2c(c(=O)[nH]c(=O)n2C2CC2)C(O)=C(F)C1N1CCC(C(N)CO)C1. The van der Waals surface area contributed by atoms with Crippen molar-refractivity contribution in [1.29, 1.82) is 0 Å². The number of fused-ring (bicyclic) bond motifs is 1. The van der Waals surface area contributed by atoms with Crippen molar-refractivity contribution in [3.63, 3.8) is 0 Å². The monoisotopic (exact) mass is 380 g/mol. The third-order valence-corrected chi connectivity index (χ3v) is 6.19. The lowest BCUT2D eigenvalue weighted by Crippen LogP contribution is -2.46. The molecule has 1 saturated carbocycles. The molecule has 0 spiro atoms. The second-order valence-corrected chi connectivity index (χ2v) is 7.94. The molecule has 0 radical (unpaired) electrons. The fourth-order valence-electron chi connectivity index (χ4n) is 4.61. The molecule has 27 heavy (non-hydrogen) atoms. The van der Waals surface area contributed by atoms with Crippen LogP contribution in [0.5, 0.6) is 0 Å². The summed E-state index contributed by atoms with van der Waals surface area (Å²) in [6.45, 7) is 2.71. The number of aliphatic hydroxyl groups is 2. The fourth-order valence-corrected chi connectivity index (χ4v) is 4.61. The molecule has 0 aromatic carbocycles. The number of aromatic amines is 1. The van der Waals surface area contributed by atoms with Gasteiger partial charge in [-0.2, -0.15) is 0 Å². The van der Waals surface area contributed by atoms with Gasteiger partial charge in [-0.05, 0) is 31.7 Å². The average Bonchev–Trinajstić information content (AvgIpc) is 3.35. The number of H-pyrrole nitrogens is 1. The molecule has 0 amide bonds. The molecule has 1 aromatic rings. The second-order valence-electron chi connectivity index (χ2n) is 7.94. The summed E-state index contributed by atoms with van der Waals surface area (Å²) >= 11 is 0. The van der Waals surface area contributed by atoms with E-state index in [-0.39, 0.29) is 30.2 Å². The van der Waals surface area contributed by atoms with E-state index in [1.807, 2.05) is 4.90 Å². The van der Waals surface area contributed by atoms with Crippen LogP contribution in [0.4, 0.5) is 4.39 Å². The molecule has 9 heteroatoms. The van der Waals surface area contributed by atoms with E-state index in [0.717, 1.165) is 19.3 Å². The summed E-state index contributed by atoms with van der Waals surface area (Å²) in [5.41, 5.74) is 4.94. The third kappa shape index (κ3) is 2.84. The molecule has 2 fully saturated rings. The molecule has 1 aliphatic heterocycles. The van der Waals surface area contributed by atoms with Crippen LogP contribution in [0.15, 0.2) is 15.4 Å². The maximum absolute atomic E-state index is 15.1. The van der Waals surface area contributed by atoms with Gasteiger partial charge in [-0.1, -0.05) is 6.92 Å². The predicted octanol–water partition coefficient (Wildman–Crippen LogP) is 0.195. The van der Waals surface area contributed by atoms with Crippen LogP contribution in [0.3, 0.4) is 0 Å². The molecule has 4 atom stereocenters. The van der Waals surface area contributed by atoms with Gasteiger partial charge < -0.3 is 15.9 Å². The highest BCUT2D eigenvalue weighted by Gasteiger charge is 2.45. The third-order valence-electron chi connectivity index (χ3n) is 6.19. The van der Waals surface area contributed by atoms with Crippen molar-refractivity contribution >= 4 is 5.76 Å². The lowest BCUT2D eigenvalue weighted by Gasteiger charge is -2.37. The van der Waals surface area contributed by atoms with Gasteiger partial charge in [0.05, 0.1) is 12.6 Å². The Morgan fingerprint density at radius 3 is 2.67 bits per heavy atom. The van der Waals surface area contributed by atoms with E-state index in [9.17, 15) is 19.8 Å². The number of likely N-dealkylation sites (tertiary alicyclic amines) is 1. The topological polar surface area (TPSA) is 125 Å². The summed E-state index contributed by atoms with van der Waals surface area (Å²) < 4.78 is 16.6. The average molecular weight is 380 g/mol. The highest BCUT2D eigenvalue weighted by molar-refractivity contribution is 5.66. The van der Waals surface area contributed by atoms with Crippen LogP contribution < -0.4 is 17.0 Å². The second kappa shape index (κ2) is 6.57. The quantitative estimate of drug-likeness (QED) is 0.591. The molecule has 1 saturated heterocycles. The molecular formula is C18H25FN4O4. The van der Waals surface area contributed by atoms with Gasteiger partial charge in [-0.3, -0.25) is 19.2 Å². The number of rotatable bonds is 4. The van der Waals surface area contributed by atoms with Gasteiger partial charge in [-0.25, -0.2) is 9.18 Å². The Morgan fingerprint density at radius 1 is 1.33 bits per heavy atom. The van der Waals surface area contributed by atoms with Crippen LogP contribution in [0.25, 0.3) is 5.76 Å². The first-order valence-electron chi connectivity index (χ1n) is 9.43. The Morgan fingerprint density at radius 2 is 2.04 bits per heavy atom. The van der Waals surface area contributed by atoms with Crippen molar-refractivity contribution in [1.82, 2.24) is 14.5 Å². The highest BCUT2D eigenvalue weighted by Crippen LogP contribution is 2.44. The molecule has 4 unspecified atom stereocenters. The van der Waals surface area contributed by atoms with Crippen molar-refractivity contribution in [2.75, 3.05) is 19.7 Å².